The van der Waals surface area contributed by atoms with Crippen LogP contribution in [0.15, 0.2) is 17.1 Å². The van der Waals surface area contributed by atoms with Gasteiger partial charge >= 0.3 is 0 Å². The molecule has 0 saturated heterocycles. The van der Waals surface area contributed by atoms with E-state index in [1.54, 1.807) is 0 Å². The molecular formula is C20H37N2O6S+. The number of aliphatic imine (C=N–C) groups is 1. The Kier molecular flexibility index (Phi) is 11.8. The second-order valence-corrected chi connectivity index (χ2v) is 9.21. The summed E-state index contributed by atoms with van der Waals surface area (Å²) in [5, 5.41) is 19.5. The zero-order valence-electron chi connectivity index (χ0n) is 17.5. The normalized spacial score (nSPS) is 20.9. The second kappa shape index (κ2) is 13.2. The van der Waals surface area contributed by atoms with Gasteiger partial charge in [0.2, 0.25) is 5.78 Å². The van der Waals surface area contributed by atoms with Gasteiger partial charge in [0.05, 0.1) is 13.2 Å². The number of ketones is 1. The van der Waals surface area contributed by atoms with Crippen molar-refractivity contribution in [2.45, 2.75) is 64.4 Å². The Morgan fingerprint density at radius 2 is 1.90 bits per heavy atom. The molecule has 0 aliphatic carbocycles. The summed E-state index contributed by atoms with van der Waals surface area (Å²) >= 11 is 0. The van der Waals surface area contributed by atoms with Crippen molar-refractivity contribution in [3.05, 3.63) is 12.2 Å². The number of quaternary nitrogens is 1. The van der Waals surface area contributed by atoms with E-state index < -0.39 is 22.0 Å². The van der Waals surface area contributed by atoms with Crippen LogP contribution in [0.3, 0.4) is 0 Å². The number of nitrogens with zero attached hydrogens (tertiary/aromatic N) is 2. The van der Waals surface area contributed by atoms with Gasteiger partial charge in [0, 0.05) is 6.42 Å². The summed E-state index contributed by atoms with van der Waals surface area (Å²) in [6, 6.07) is 0. The van der Waals surface area contributed by atoms with Crippen LogP contribution in [0.1, 0.15) is 58.3 Å². The van der Waals surface area contributed by atoms with E-state index in [-0.39, 0.29) is 30.0 Å². The molecule has 8 nitrogen and oxygen atoms in total. The van der Waals surface area contributed by atoms with Crippen LogP contribution in [0.4, 0.5) is 0 Å². The van der Waals surface area contributed by atoms with Crippen molar-refractivity contribution in [1.82, 2.24) is 0 Å². The maximum absolute atomic E-state index is 12.7. The number of carbonyl (C=O) groups excluding carboxylic acids is 1. The van der Waals surface area contributed by atoms with Gasteiger partial charge in [-0.1, -0.05) is 38.3 Å². The highest BCUT2D eigenvalue weighted by molar-refractivity contribution is 7.85. The molecule has 0 aromatic carbocycles. The first kappa shape index (κ1) is 25.9. The monoisotopic (exact) mass is 433 g/mol. The third-order valence-electron chi connectivity index (χ3n) is 5.16. The first-order valence-electron chi connectivity index (χ1n) is 10.6. The van der Waals surface area contributed by atoms with Crippen molar-refractivity contribution >= 4 is 21.7 Å². The number of rotatable bonds is 16. The summed E-state index contributed by atoms with van der Waals surface area (Å²) in [5.41, 5.74) is 0. The largest absolute Gasteiger partial charge is 0.390 e. The highest BCUT2D eigenvalue weighted by Crippen LogP contribution is 2.20. The molecule has 0 aromatic heterocycles. The van der Waals surface area contributed by atoms with Crippen LogP contribution >= 0.6 is 0 Å². The lowest BCUT2D eigenvalue weighted by Gasteiger charge is -2.34. The Morgan fingerprint density at radius 3 is 2.55 bits per heavy atom. The molecule has 1 aliphatic rings. The Bertz CT molecular complexity index is 662. The van der Waals surface area contributed by atoms with Crippen LogP contribution in [0, 0.1) is 0 Å². The van der Waals surface area contributed by atoms with Crippen molar-refractivity contribution in [3.8, 4) is 0 Å². The van der Waals surface area contributed by atoms with Crippen LogP contribution in [0.25, 0.3) is 0 Å². The molecule has 1 aliphatic heterocycles. The average Bonchev–Trinajstić information content (AvgIpc) is 3.01. The van der Waals surface area contributed by atoms with Gasteiger partial charge in [-0.25, -0.2) is 4.99 Å². The minimum atomic E-state index is -4.33. The van der Waals surface area contributed by atoms with Crippen LogP contribution in [0.2, 0.25) is 0 Å². The molecule has 1 heterocycles. The fraction of sp³-hybridized carbons (Fsp3) is 0.800. The molecule has 29 heavy (non-hydrogen) atoms. The fourth-order valence-electron chi connectivity index (χ4n) is 3.81. The predicted molar refractivity (Wildman–Crippen MR) is 113 cm³/mol. The standard InChI is InChI=1S/C20H36N2O6S/c1-2-3-4-5-6-7-8-9-10-11-19(25)20-21-12-13-22(20,14-15-23)16-18(24)17-29(26,27)28/h3-4,18,23-24H,2,5-17H2,1H3/p+1/b4-3+. The van der Waals surface area contributed by atoms with E-state index in [2.05, 4.69) is 24.1 Å². The minimum absolute atomic E-state index is 0.0320. The molecule has 0 fully saturated rings. The molecule has 9 heteroatoms. The number of aliphatic hydroxyl groups is 2. The van der Waals surface area contributed by atoms with Gasteiger partial charge < -0.3 is 10.2 Å². The highest BCUT2D eigenvalue weighted by Gasteiger charge is 2.43. The van der Waals surface area contributed by atoms with Crippen LogP contribution in [-0.2, 0) is 14.9 Å². The molecule has 0 spiro atoms. The maximum atomic E-state index is 12.7. The van der Waals surface area contributed by atoms with E-state index in [1.807, 2.05) is 0 Å². The van der Waals surface area contributed by atoms with Gasteiger partial charge in [-0.3, -0.25) is 13.8 Å². The lowest BCUT2D eigenvalue weighted by Crippen LogP contribution is -2.59. The van der Waals surface area contributed by atoms with E-state index in [1.165, 1.54) is 0 Å². The summed E-state index contributed by atoms with van der Waals surface area (Å²) in [7, 11) is -4.33. The molecule has 0 aromatic rings. The van der Waals surface area contributed by atoms with Gasteiger partial charge in [0.25, 0.3) is 16.0 Å². The Hall–Kier alpha value is -1.13. The highest BCUT2D eigenvalue weighted by atomic mass is 32.2. The number of carbonyl (C=O) groups is 1. The van der Waals surface area contributed by atoms with E-state index in [9.17, 15) is 23.4 Å². The molecule has 0 radical (unpaired) electrons. The Labute approximate surface area is 174 Å². The zero-order chi connectivity index (χ0) is 21.8. The van der Waals surface area contributed by atoms with Crippen LogP contribution in [-0.4, -0.2) is 83.9 Å². The molecule has 3 N–H and O–H groups in total. The van der Waals surface area contributed by atoms with Gasteiger partial charge in [0.15, 0.2) is 0 Å². The lowest BCUT2D eigenvalue weighted by atomic mass is 10.1. The van der Waals surface area contributed by atoms with Gasteiger partial charge in [-0.05, 0) is 25.7 Å². The van der Waals surface area contributed by atoms with Crippen LogP contribution < -0.4 is 0 Å². The van der Waals surface area contributed by atoms with Crippen molar-refractivity contribution < 1.29 is 32.5 Å². The van der Waals surface area contributed by atoms with E-state index in [0.717, 1.165) is 44.9 Å². The van der Waals surface area contributed by atoms with E-state index in [0.29, 0.717) is 25.3 Å². The molecule has 0 bridgehead atoms. The number of unbranched alkanes of at least 4 members (excludes halogenated alkanes) is 5. The molecule has 0 saturated carbocycles. The first-order chi connectivity index (χ1) is 13.7. The lowest BCUT2D eigenvalue weighted by molar-refractivity contribution is -0.837. The number of amidine groups is 1. The maximum Gasteiger partial charge on any atom is 0.267 e. The number of allylic oxidation sites excluding steroid dienone is 2. The van der Waals surface area contributed by atoms with Crippen molar-refractivity contribution in [3.63, 3.8) is 0 Å². The summed E-state index contributed by atoms with van der Waals surface area (Å²) < 4.78 is 31.0. The third-order valence-corrected chi connectivity index (χ3v) is 5.96. The molecule has 1 rings (SSSR count). The summed E-state index contributed by atoms with van der Waals surface area (Å²) in [4.78, 5) is 17.0. The average molecular weight is 434 g/mol. The van der Waals surface area contributed by atoms with E-state index >= 15 is 0 Å². The first-order valence-corrected chi connectivity index (χ1v) is 12.2. The van der Waals surface area contributed by atoms with Crippen molar-refractivity contribution in [1.29, 1.82) is 0 Å². The molecule has 168 valence electrons. The number of hydrogen-bond acceptors (Lipinski definition) is 6. The summed E-state index contributed by atoms with van der Waals surface area (Å²) in [6.07, 6.45) is 10.6. The molecule has 2 unspecified atom stereocenters. The van der Waals surface area contributed by atoms with Gasteiger partial charge in [-0.2, -0.15) is 8.42 Å². The van der Waals surface area contributed by atoms with E-state index in [4.69, 9.17) is 4.55 Å². The quantitative estimate of drug-likeness (QED) is 0.147. The Morgan fingerprint density at radius 1 is 1.21 bits per heavy atom. The third kappa shape index (κ3) is 9.95. The molecule has 0 amide bonds. The number of hydrogen-bond donors (Lipinski definition) is 3. The molecule has 2 atom stereocenters. The van der Waals surface area contributed by atoms with Crippen molar-refractivity contribution in [2.24, 2.45) is 4.99 Å². The predicted octanol–water partition coefficient (Wildman–Crippen LogP) is 1.72. The van der Waals surface area contributed by atoms with Crippen LogP contribution in [0.5, 0.6) is 0 Å². The van der Waals surface area contributed by atoms with Crippen molar-refractivity contribution in [2.75, 3.05) is 38.5 Å². The summed E-state index contributed by atoms with van der Waals surface area (Å²) in [6.45, 7) is 2.83. The molecular weight excluding hydrogens is 396 g/mol. The van der Waals surface area contributed by atoms with Gasteiger partial charge in [-0.15, -0.1) is 0 Å². The minimum Gasteiger partial charge on any atom is -0.390 e. The summed E-state index contributed by atoms with van der Waals surface area (Å²) in [5.74, 6) is -0.605. The topological polar surface area (TPSA) is 124 Å². The number of Topliss-reactive ketones (excluding diaryl/α,β-unsaturated/α-hetero) is 1. The smallest absolute Gasteiger partial charge is 0.267 e. The number of aliphatic hydroxyl groups excluding tert-OH is 2. The SMILES string of the molecule is CC/C=C/CCCCCCCC(=O)C1=NCC[N+]1(CCO)CC(O)CS(=O)(=O)O. The zero-order valence-corrected chi connectivity index (χ0v) is 18.3. The second-order valence-electron chi connectivity index (χ2n) is 7.72. The fourth-order valence-corrected chi connectivity index (χ4v) is 4.40. The Balaban J connectivity index is 2.51. The van der Waals surface area contributed by atoms with Gasteiger partial charge in [0.1, 0.15) is 31.5 Å².